The quantitative estimate of drug-likeness (QED) is 0.186. The molecule has 0 unspecified atom stereocenters. The SMILES string of the molecule is c1ccc(-c2cccc3c2oc2ccc(-c4ccc(N(c5ccc6c(c5)sc5ccccc56)c5cccc6ccccc56)cc4)cc23)cc1. The molecular formula is C46H29NOS. The monoisotopic (exact) mass is 643 g/mol. The Morgan fingerprint density at radius 2 is 1.10 bits per heavy atom. The van der Waals surface area contributed by atoms with Crippen molar-refractivity contribution < 1.29 is 4.42 Å². The van der Waals surface area contributed by atoms with Crippen molar-refractivity contribution in [1.29, 1.82) is 0 Å². The van der Waals surface area contributed by atoms with Gasteiger partial charge in [0.1, 0.15) is 11.2 Å². The summed E-state index contributed by atoms with van der Waals surface area (Å²) in [6.45, 7) is 0. The highest BCUT2D eigenvalue weighted by Crippen LogP contribution is 2.43. The second kappa shape index (κ2) is 11.2. The van der Waals surface area contributed by atoms with Crippen LogP contribution in [0.1, 0.15) is 0 Å². The molecule has 0 bridgehead atoms. The van der Waals surface area contributed by atoms with Crippen LogP contribution in [-0.4, -0.2) is 0 Å². The van der Waals surface area contributed by atoms with Crippen LogP contribution in [0, 0.1) is 0 Å². The minimum Gasteiger partial charge on any atom is -0.455 e. The number of nitrogens with zero attached hydrogens (tertiary/aromatic N) is 1. The van der Waals surface area contributed by atoms with E-state index in [1.54, 1.807) is 0 Å². The van der Waals surface area contributed by atoms with E-state index in [4.69, 9.17) is 4.42 Å². The van der Waals surface area contributed by atoms with Crippen molar-refractivity contribution in [2.45, 2.75) is 0 Å². The van der Waals surface area contributed by atoms with Gasteiger partial charge in [-0.3, -0.25) is 0 Å². The van der Waals surface area contributed by atoms with Crippen LogP contribution in [0.5, 0.6) is 0 Å². The molecule has 0 atom stereocenters. The van der Waals surface area contributed by atoms with Crippen LogP contribution >= 0.6 is 11.3 Å². The molecule has 0 radical (unpaired) electrons. The first-order valence-electron chi connectivity index (χ1n) is 16.6. The van der Waals surface area contributed by atoms with Gasteiger partial charge in [0.15, 0.2) is 0 Å². The average Bonchev–Trinajstić information content (AvgIpc) is 3.73. The molecular weight excluding hydrogens is 615 g/mol. The van der Waals surface area contributed by atoms with Crippen molar-refractivity contribution >= 4 is 81.3 Å². The molecule has 0 saturated heterocycles. The summed E-state index contributed by atoms with van der Waals surface area (Å²) in [5.41, 5.74) is 9.84. The number of benzene rings is 8. The smallest absolute Gasteiger partial charge is 0.143 e. The summed E-state index contributed by atoms with van der Waals surface area (Å²) < 4.78 is 9.06. The molecule has 49 heavy (non-hydrogen) atoms. The first-order valence-corrected chi connectivity index (χ1v) is 17.4. The first-order chi connectivity index (χ1) is 24.3. The minimum absolute atomic E-state index is 0.900. The molecule has 2 heterocycles. The first kappa shape index (κ1) is 27.9. The molecule has 0 N–H and O–H groups in total. The van der Waals surface area contributed by atoms with Crippen molar-refractivity contribution in [3.05, 3.63) is 176 Å². The van der Waals surface area contributed by atoms with E-state index in [1.807, 2.05) is 17.4 Å². The van der Waals surface area contributed by atoms with Gasteiger partial charge in [0.05, 0.1) is 5.69 Å². The Morgan fingerprint density at radius 3 is 2.00 bits per heavy atom. The third kappa shape index (κ3) is 4.62. The van der Waals surface area contributed by atoms with Gasteiger partial charge in [-0.25, -0.2) is 0 Å². The van der Waals surface area contributed by atoms with E-state index in [9.17, 15) is 0 Å². The lowest BCUT2D eigenvalue weighted by atomic mass is 10.00. The molecule has 0 aliphatic carbocycles. The van der Waals surface area contributed by atoms with Crippen LogP contribution in [0.2, 0.25) is 0 Å². The normalized spacial score (nSPS) is 11.7. The lowest BCUT2D eigenvalue weighted by Crippen LogP contribution is -2.10. The number of fused-ring (bicyclic) bond motifs is 7. The summed E-state index contributed by atoms with van der Waals surface area (Å²) >= 11 is 1.85. The standard InChI is InChI=1S/C46H29NOS/c1-2-10-32(11-3-1)37-16-9-17-40-41-28-33(22-27-43(41)48-46(37)40)30-20-23-34(24-21-30)47(42-18-8-13-31-12-4-5-14-36(31)42)35-25-26-39-38-15-6-7-19-44(38)49-45(39)29-35/h1-29H. The topological polar surface area (TPSA) is 16.4 Å². The fourth-order valence-corrected chi connectivity index (χ4v) is 8.45. The summed E-state index contributed by atoms with van der Waals surface area (Å²) in [6.07, 6.45) is 0. The summed E-state index contributed by atoms with van der Waals surface area (Å²) in [5, 5.41) is 7.32. The van der Waals surface area contributed by atoms with Gasteiger partial charge in [0.25, 0.3) is 0 Å². The Hall–Kier alpha value is -6.16. The zero-order valence-corrected chi connectivity index (χ0v) is 27.3. The van der Waals surface area contributed by atoms with Gasteiger partial charge < -0.3 is 9.32 Å². The Kier molecular flexibility index (Phi) is 6.39. The van der Waals surface area contributed by atoms with Gasteiger partial charge in [0.2, 0.25) is 0 Å². The number of hydrogen-bond acceptors (Lipinski definition) is 3. The Morgan fingerprint density at radius 1 is 0.408 bits per heavy atom. The minimum atomic E-state index is 0.900. The predicted octanol–water partition coefficient (Wildman–Crippen LogP) is 13.9. The third-order valence-corrected chi connectivity index (χ3v) is 10.8. The van der Waals surface area contributed by atoms with Crippen LogP contribution in [0.4, 0.5) is 17.1 Å². The molecule has 10 rings (SSSR count). The number of hydrogen-bond donors (Lipinski definition) is 0. The molecule has 0 amide bonds. The van der Waals surface area contributed by atoms with E-state index in [-0.39, 0.29) is 0 Å². The largest absolute Gasteiger partial charge is 0.455 e. The number of rotatable bonds is 5. The van der Waals surface area contributed by atoms with E-state index in [0.29, 0.717) is 0 Å². The highest BCUT2D eigenvalue weighted by atomic mass is 32.1. The van der Waals surface area contributed by atoms with Gasteiger partial charge in [-0.05, 0) is 70.6 Å². The van der Waals surface area contributed by atoms with Crippen molar-refractivity contribution in [3.63, 3.8) is 0 Å². The second-order valence-electron chi connectivity index (χ2n) is 12.5. The van der Waals surface area contributed by atoms with E-state index in [2.05, 4.69) is 175 Å². The molecule has 0 saturated carbocycles. The lowest BCUT2D eigenvalue weighted by Gasteiger charge is -2.27. The third-order valence-electron chi connectivity index (χ3n) is 9.67. The maximum atomic E-state index is 6.46. The highest BCUT2D eigenvalue weighted by Gasteiger charge is 2.18. The van der Waals surface area contributed by atoms with Crippen LogP contribution in [-0.2, 0) is 0 Å². The fraction of sp³-hybridized carbons (Fsp3) is 0. The molecule has 3 heteroatoms. The highest BCUT2D eigenvalue weighted by molar-refractivity contribution is 7.25. The van der Waals surface area contributed by atoms with Crippen LogP contribution in [0.3, 0.4) is 0 Å². The Balaban J connectivity index is 1.09. The van der Waals surface area contributed by atoms with Crippen molar-refractivity contribution in [3.8, 4) is 22.3 Å². The predicted molar refractivity (Wildman–Crippen MR) is 210 cm³/mol. The van der Waals surface area contributed by atoms with Gasteiger partial charge in [0, 0.05) is 53.3 Å². The molecule has 0 aliphatic heterocycles. The molecule has 10 aromatic rings. The molecule has 230 valence electrons. The van der Waals surface area contributed by atoms with Gasteiger partial charge in [-0.1, -0.05) is 127 Å². The van der Waals surface area contributed by atoms with Crippen molar-refractivity contribution in [1.82, 2.24) is 0 Å². The second-order valence-corrected chi connectivity index (χ2v) is 13.6. The summed E-state index contributed by atoms with van der Waals surface area (Å²) in [5.74, 6) is 0. The van der Waals surface area contributed by atoms with Crippen molar-refractivity contribution in [2.24, 2.45) is 0 Å². The van der Waals surface area contributed by atoms with Gasteiger partial charge in [-0.15, -0.1) is 11.3 Å². The zero-order valence-electron chi connectivity index (χ0n) is 26.5. The Bertz CT molecular complexity index is 2820. The molecule has 2 aromatic heterocycles. The number of thiophene rings is 1. The van der Waals surface area contributed by atoms with E-state index in [0.717, 1.165) is 61.3 Å². The van der Waals surface area contributed by atoms with Gasteiger partial charge in [-0.2, -0.15) is 0 Å². The molecule has 8 aromatic carbocycles. The van der Waals surface area contributed by atoms with E-state index >= 15 is 0 Å². The molecule has 2 nitrogen and oxygen atoms in total. The summed E-state index contributed by atoms with van der Waals surface area (Å²) in [6, 6.07) is 63.2. The number of furan rings is 1. The van der Waals surface area contributed by atoms with Gasteiger partial charge >= 0.3 is 0 Å². The van der Waals surface area contributed by atoms with Crippen molar-refractivity contribution in [2.75, 3.05) is 4.90 Å². The maximum Gasteiger partial charge on any atom is 0.143 e. The fourth-order valence-electron chi connectivity index (χ4n) is 7.31. The Labute approximate surface area is 287 Å². The van der Waals surface area contributed by atoms with Crippen LogP contribution in [0.25, 0.3) is 75.1 Å². The molecule has 0 spiro atoms. The lowest BCUT2D eigenvalue weighted by molar-refractivity contribution is 0.670. The molecule has 0 fully saturated rings. The summed E-state index contributed by atoms with van der Waals surface area (Å²) in [7, 11) is 0. The maximum absolute atomic E-state index is 6.46. The molecule has 0 aliphatic rings. The van der Waals surface area contributed by atoms with Crippen LogP contribution < -0.4 is 4.90 Å². The number of anilines is 3. The average molecular weight is 644 g/mol. The van der Waals surface area contributed by atoms with Crippen LogP contribution in [0.15, 0.2) is 180 Å². The van der Waals surface area contributed by atoms with E-state index in [1.165, 1.54) is 30.9 Å². The zero-order chi connectivity index (χ0) is 32.3. The number of para-hydroxylation sites is 1. The summed E-state index contributed by atoms with van der Waals surface area (Å²) in [4.78, 5) is 2.40. The van der Waals surface area contributed by atoms with E-state index < -0.39 is 0 Å².